The molecule has 0 aliphatic rings. The van der Waals surface area contributed by atoms with Crippen LogP contribution in [0.25, 0.3) is 0 Å². The Kier molecular flexibility index (Phi) is 7.66. The molecule has 0 aliphatic carbocycles. The molecule has 0 radical (unpaired) electrons. The molecule has 2 aromatic rings. The van der Waals surface area contributed by atoms with Gasteiger partial charge in [-0.25, -0.2) is 0 Å². The van der Waals surface area contributed by atoms with Crippen molar-refractivity contribution in [2.24, 2.45) is 0 Å². The van der Waals surface area contributed by atoms with Crippen LogP contribution < -0.4 is 29.3 Å². The summed E-state index contributed by atoms with van der Waals surface area (Å²) in [4.78, 5) is 0. The highest BCUT2D eigenvalue weighted by atomic mass is 28.2. The first-order chi connectivity index (χ1) is 12.2. The molecule has 0 saturated carbocycles. The van der Waals surface area contributed by atoms with Crippen molar-refractivity contribution < 1.29 is 18.9 Å². The Balaban J connectivity index is 2.31. The largest absolute Gasteiger partial charge is 0.494 e. The Morgan fingerprint density at radius 3 is 1.36 bits per heavy atom. The normalized spacial score (nSPS) is 10.4. The van der Waals surface area contributed by atoms with Crippen LogP contribution >= 0.6 is 0 Å². The molecule has 4 nitrogen and oxygen atoms in total. The molecular weight excluding hydrogens is 332 g/mol. The summed E-state index contributed by atoms with van der Waals surface area (Å²) in [6, 6.07) is 12.3. The summed E-state index contributed by atoms with van der Waals surface area (Å²) in [6.07, 6.45) is 0. The van der Waals surface area contributed by atoms with Crippen molar-refractivity contribution in [1.29, 1.82) is 0 Å². The van der Waals surface area contributed by atoms with E-state index < -0.39 is 9.52 Å². The van der Waals surface area contributed by atoms with Crippen molar-refractivity contribution in [3.05, 3.63) is 36.4 Å². The second-order valence-corrected chi connectivity index (χ2v) is 7.33. The van der Waals surface area contributed by atoms with Gasteiger partial charge in [-0.05, 0) is 50.2 Å². The highest BCUT2D eigenvalue weighted by Gasteiger charge is 2.12. The Morgan fingerprint density at radius 1 is 0.600 bits per heavy atom. The van der Waals surface area contributed by atoms with Crippen LogP contribution in [-0.4, -0.2) is 35.9 Å². The van der Waals surface area contributed by atoms with E-state index in [-0.39, 0.29) is 0 Å². The van der Waals surface area contributed by atoms with E-state index in [0.29, 0.717) is 26.4 Å². The predicted octanol–water partition coefficient (Wildman–Crippen LogP) is 2.40. The van der Waals surface area contributed by atoms with Gasteiger partial charge >= 0.3 is 0 Å². The van der Waals surface area contributed by atoms with Crippen LogP contribution in [0.5, 0.6) is 23.0 Å². The molecule has 2 rings (SSSR count). The highest BCUT2D eigenvalue weighted by molar-refractivity contribution is 6.69. The average Bonchev–Trinajstić information content (AvgIpc) is 2.60. The lowest BCUT2D eigenvalue weighted by Gasteiger charge is -2.15. The minimum Gasteiger partial charge on any atom is -0.494 e. The zero-order valence-electron chi connectivity index (χ0n) is 15.6. The SMILES string of the molecule is CCOc1ccc([SiH2]c2ccc(OCC)cc2OCC)c(OCC)c1. The van der Waals surface area contributed by atoms with Gasteiger partial charge in [0.15, 0.2) is 0 Å². The Morgan fingerprint density at radius 2 is 1.00 bits per heavy atom. The van der Waals surface area contributed by atoms with Gasteiger partial charge in [0.25, 0.3) is 0 Å². The lowest BCUT2D eigenvalue weighted by molar-refractivity contribution is 0.324. The minimum absolute atomic E-state index is 0.637. The molecule has 0 heterocycles. The van der Waals surface area contributed by atoms with Crippen LogP contribution in [0.15, 0.2) is 36.4 Å². The molecule has 0 fully saturated rings. The fourth-order valence-corrected chi connectivity index (χ4v) is 4.30. The number of rotatable bonds is 10. The van der Waals surface area contributed by atoms with E-state index in [0.717, 1.165) is 23.0 Å². The predicted molar refractivity (Wildman–Crippen MR) is 105 cm³/mol. The summed E-state index contributed by atoms with van der Waals surface area (Å²) in [5.74, 6) is 3.52. The Labute approximate surface area is 152 Å². The monoisotopic (exact) mass is 360 g/mol. The van der Waals surface area contributed by atoms with Gasteiger partial charge in [-0.1, -0.05) is 12.1 Å². The van der Waals surface area contributed by atoms with E-state index in [4.69, 9.17) is 18.9 Å². The quantitative estimate of drug-likeness (QED) is 0.610. The molecule has 5 heteroatoms. The Bertz CT molecular complexity index is 615. The fraction of sp³-hybridized carbons (Fsp3) is 0.400. The number of benzene rings is 2. The molecule has 0 unspecified atom stereocenters. The van der Waals surface area contributed by atoms with E-state index >= 15 is 0 Å². The van der Waals surface area contributed by atoms with E-state index in [1.807, 2.05) is 52.0 Å². The van der Waals surface area contributed by atoms with Crippen LogP contribution in [-0.2, 0) is 0 Å². The Hall–Kier alpha value is -2.14. The summed E-state index contributed by atoms with van der Waals surface area (Å²) in [6.45, 7) is 10.5. The van der Waals surface area contributed by atoms with Crippen molar-refractivity contribution >= 4 is 19.9 Å². The average molecular weight is 361 g/mol. The molecule has 0 amide bonds. The summed E-state index contributed by atoms with van der Waals surface area (Å²) in [7, 11) is -0.754. The molecule has 0 atom stereocenters. The molecule has 0 N–H and O–H groups in total. The summed E-state index contributed by atoms with van der Waals surface area (Å²) < 4.78 is 22.9. The van der Waals surface area contributed by atoms with Gasteiger partial charge in [-0.15, -0.1) is 0 Å². The second-order valence-electron chi connectivity index (χ2n) is 5.45. The van der Waals surface area contributed by atoms with Gasteiger partial charge in [0.1, 0.15) is 23.0 Å². The zero-order chi connectivity index (χ0) is 18.1. The van der Waals surface area contributed by atoms with Gasteiger partial charge in [0.05, 0.1) is 35.9 Å². The van der Waals surface area contributed by atoms with Crippen molar-refractivity contribution in [2.45, 2.75) is 27.7 Å². The molecule has 136 valence electrons. The maximum absolute atomic E-state index is 5.85. The molecule has 0 bridgehead atoms. The van der Waals surface area contributed by atoms with Crippen LogP contribution in [0.1, 0.15) is 27.7 Å². The lowest BCUT2D eigenvalue weighted by Crippen LogP contribution is -2.30. The molecule has 0 aliphatic heterocycles. The van der Waals surface area contributed by atoms with Gasteiger partial charge in [-0.3, -0.25) is 0 Å². The summed E-state index contributed by atoms with van der Waals surface area (Å²) >= 11 is 0. The fourth-order valence-electron chi connectivity index (χ4n) is 2.66. The molecular formula is C20H28O4Si. The first-order valence-electron chi connectivity index (χ1n) is 8.98. The first kappa shape index (κ1) is 19.2. The van der Waals surface area contributed by atoms with Crippen LogP contribution in [0, 0.1) is 0 Å². The van der Waals surface area contributed by atoms with Crippen molar-refractivity contribution in [1.82, 2.24) is 0 Å². The third-order valence-corrected chi connectivity index (χ3v) is 5.61. The standard InChI is InChI=1S/C20H28O4Si/c1-5-21-15-9-11-19(17(13-15)23-7-3)25-20-12-10-16(22-6-2)14-18(20)24-8-4/h9-14H,5-8,25H2,1-4H3. The van der Waals surface area contributed by atoms with Crippen molar-refractivity contribution in [2.75, 3.05) is 26.4 Å². The summed E-state index contributed by atoms with van der Waals surface area (Å²) in [5.41, 5.74) is 0. The van der Waals surface area contributed by atoms with Crippen LogP contribution in [0.2, 0.25) is 0 Å². The van der Waals surface area contributed by atoms with Gasteiger partial charge in [0, 0.05) is 12.1 Å². The molecule has 0 spiro atoms. The van der Waals surface area contributed by atoms with Gasteiger partial charge in [-0.2, -0.15) is 0 Å². The molecule has 0 aromatic heterocycles. The van der Waals surface area contributed by atoms with Gasteiger partial charge in [0.2, 0.25) is 0 Å². The van der Waals surface area contributed by atoms with E-state index in [2.05, 4.69) is 12.1 Å². The third kappa shape index (κ3) is 5.43. The maximum atomic E-state index is 5.85. The van der Waals surface area contributed by atoms with Crippen molar-refractivity contribution in [3.63, 3.8) is 0 Å². The van der Waals surface area contributed by atoms with E-state index in [9.17, 15) is 0 Å². The van der Waals surface area contributed by atoms with Gasteiger partial charge < -0.3 is 18.9 Å². The zero-order valence-corrected chi connectivity index (χ0v) is 17.0. The smallest absolute Gasteiger partial charge is 0.122 e. The lowest BCUT2D eigenvalue weighted by atomic mass is 10.3. The van der Waals surface area contributed by atoms with Crippen LogP contribution in [0.3, 0.4) is 0 Å². The van der Waals surface area contributed by atoms with E-state index in [1.165, 1.54) is 10.4 Å². The minimum atomic E-state index is -0.754. The van der Waals surface area contributed by atoms with Crippen molar-refractivity contribution in [3.8, 4) is 23.0 Å². The highest BCUT2D eigenvalue weighted by Crippen LogP contribution is 2.20. The molecule has 25 heavy (non-hydrogen) atoms. The van der Waals surface area contributed by atoms with Crippen LogP contribution in [0.4, 0.5) is 0 Å². The van der Waals surface area contributed by atoms with E-state index in [1.54, 1.807) is 0 Å². The maximum Gasteiger partial charge on any atom is 0.122 e. The number of hydrogen-bond acceptors (Lipinski definition) is 4. The second kappa shape index (κ2) is 9.99. The summed E-state index contributed by atoms with van der Waals surface area (Å²) in [5, 5.41) is 2.49. The topological polar surface area (TPSA) is 36.9 Å². The first-order valence-corrected chi connectivity index (χ1v) is 10.4. The molecule has 2 aromatic carbocycles. The third-order valence-electron chi connectivity index (χ3n) is 3.68. The number of ether oxygens (including phenoxy) is 4. The molecule has 0 saturated heterocycles. The number of hydrogen-bond donors (Lipinski definition) is 0.